The maximum absolute atomic E-state index is 12.5. The summed E-state index contributed by atoms with van der Waals surface area (Å²) in [6, 6.07) is 8.49. The van der Waals surface area contributed by atoms with Crippen molar-refractivity contribution in [3.8, 4) is 5.75 Å². The van der Waals surface area contributed by atoms with E-state index in [0.717, 1.165) is 17.7 Å². The molecule has 22 heavy (non-hydrogen) atoms. The SMILES string of the molecule is Cl.O=C(NC1COc2ccccc21)C1CC2CCCCC2N1. The highest BCUT2D eigenvalue weighted by molar-refractivity contribution is 5.85. The van der Waals surface area contributed by atoms with Gasteiger partial charge < -0.3 is 15.4 Å². The van der Waals surface area contributed by atoms with Gasteiger partial charge in [-0.25, -0.2) is 0 Å². The second-order valence-electron chi connectivity index (χ2n) is 6.52. The van der Waals surface area contributed by atoms with Gasteiger partial charge in [-0.05, 0) is 31.2 Å². The molecule has 1 saturated heterocycles. The predicted octanol–water partition coefficient (Wildman–Crippen LogP) is 2.58. The van der Waals surface area contributed by atoms with Crippen molar-refractivity contribution >= 4 is 18.3 Å². The van der Waals surface area contributed by atoms with Gasteiger partial charge in [0.05, 0.1) is 12.1 Å². The van der Waals surface area contributed by atoms with Crippen molar-refractivity contribution in [3.05, 3.63) is 29.8 Å². The van der Waals surface area contributed by atoms with Crippen LogP contribution in [0.25, 0.3) is 0 Å². The van der Waals surface area contributed by atoms with Crippen LogP contribution in [0.4, 0.5) is 0 Å². The molecule has 1 saturated carbocycles. The highest BCUT2D eigenvalue weighted by Crippen LogP contribution is 2.35. The van der Waals surface area contributed by atoms with Gasteiger partial charge in [0.25, 0.3) is 0 Å². The molecule has 2 aliphatic heterocycles. The van der Waals surface area contributed by atoms with Crippen molar-refractivity contribution in [2.75, 3.05) is 6.61 Å². The van der Waals surface area contributed by atoms with Gasteiger partial charge in [-0.3, -0.25) is 4.79 Å². The van der Waals surface area contributed by atoms with Crippen LogP contribution in [0.5, 0.6) is 5.75 Å². The fraction of sp³-hybridized carbons (Fsp3) is 0.588. The van der Waals surface area contributed by atoms with Gasteiger partial charge in [0.2, 0.25) is 5.91 Å². The first-order valence-corrected chi connectivity index (χ1v) is 8.09. The number of rotatable bonds is 2. The normalized spacial score (nSPS) is 32.4. The van der Waals surface area contributed by atoms with Gasteiger partial charge in [-0.2, -0.15) is 0 Å². The maximum Gasteiger partial charge on any atom is 0.237 e. The van der Waals surface area contributed by atoms with E-state index in [1.165, 1.54) is 25.7 Å². The lowest BCUT2D eigenvalue weighted by Crippen LogP contribution is -2.44. The molecule has 3 aliphatic rings. The fourth-order valence-electron chi connectivity index (χ4n) is 4.08. The second-order valence-corrected chi connectivity index (χ2v) is 6.52. The van der Waals surface area contributed by atoms with Crippen LogP contribution >= 0.6 is 12.4 Å². The molecule has 0 spiro atoms. The number of benzene rings is 1. The molecule has 120 valence electrons. The number of hydrogen-bond donors (Lipinski definition) is 2. The monoisotopic (exact) mass is 322 g/mol. The van der Waals surface area contributed by atoms with E-state index in [1.54, 1.807) is 0 Å². The van der Waals surface area contributed by atoms with E-state index in [9.17, 15) is 4.79 Å². The Kier molecular flexibility index (Phi) is 4.59. The van der Waals surface area contributed by atoms with Crippen LogP contribution in [-0.2, 0) is 4.79 Å². The lowest BCUT2D eigenvalue weighted by molar-refractivity contribution is -0.123. The molecular weight excluding hydrogens is 300 g/mol. The Labute approximate surface area is 137 Å². The minimum absolute atomic E-state index is 0. The molecule has 0 radical (unpaired) electrons. The Morgan fingerprint density at radius 1 is 1.23 bits per heavy atom. The van der Waals surface area contributed by atoms with Crippen molar-refractivity contribution < 1.29 is 9.53 Å². The highest BCUT2D eigenvalue weighted by Gasteiger charge is 2.39. The van der Waals surface area contributed by atoms with Crippen LogP contribution in [0.1, 0.15) is 43.7 Å². The lowest BCUT2D eigenvalue weighted by atomic mass is 9.85. The van der Waals surface area contributed by atoms with Gasteiger partial charge in [0, 0.05) is 11.6 Å². The fourth-order valence-corrected chi connectivity index (χ4v) is 4.08. The zero-order valence-electron chi connectivity index (χ0n) is 12.6. The first kappa shape index (κ1) is 15.6. The van der Waals surface area contributed by atoms with E-state index >= 15 is 0 Å². The summed E-state index contributed by atoms with van der Waals surface area (Å²) in [6.45, 7) is 0.546. The van der Waals surface area contributed by atoms with Gasteiger partial charge in [-0.1, -0.05) is 31.0 Å². The average molecular weight is 323 g/mol. The van der Waals surface area contributed by atoms with Crippen LogP contribution in [-0.4, -0.2) is 24.6 Å². The van der Waals surface area contributed by atoms with Crippen LogP contribution in [0.2, 0.25) is 0 Å². The summed E-state index contributed by atoms with van der Waals surface area (Å²) >= 11 is 0. The molecule has 2 heterocycles. The number of hydrogen-bond acceptors (Lipinski definition) is 3. The smallest absolute Gasteiger partial charge is 0.237 e. The van der Waals surface area contributed by atoms with Crippen molar-refractivity contribution in [1.82, 2.24) is 10.6 Å². The van der Waals surface area contributed by atoms with Crippen LogP contribution in [0.15, 0.2) is 24.3 Å². The zero-order valence-corrected chi connectivity index (χ0v) is 13.4. The van der Waals surface area contributed by atoms with E-state index in [0.29, 0.717) is 18.6 Å². The molecule has 4 nitrogen and oxygen atoms in total. The third kappa shape index (κ3) is 2.82. The zero-order chi connectivity index (χ0) is 14.2. The molecule has 0 bridgehead atoms. The lowest BCUT2D eigenvalue weighted by Gasteiger charge is -2.24. The number of carbonyl (C=O) groups excluding carboxylic acids is 1. The first-order chi connectivity index (χ1) is 10.3. The Balaban J connectivity index is 0.00000144. The Bertz CT molecular complexity index is 537. The summed E-state index contributed by atoms with van der Waals surface area (Å²) in [5.41, 5.74) is 1.10. The molecule has 5 heteroatoms. The number of nitrogens with one attached hydrogen (secondary N) is 2. The molecule has 2 fully saturated rings. The van der Waals surface area contributed by atoms with Crippen molar-refractivity contribution in [2.45, 2.75) is 50.2 Å². The number of amides is 1. The first-order valence-electron chi connectivity index (χ1n) is 8.09. The molecule has 1 aliphatic carbocycles. The summed E-state index contributed by atoms with van der Waals surface area (Å²) in [4.78, 5) is 12.5. The summed E-state index contributed by atoms with van der Waals surface area (Å²) in [5, 5.41) is 6.70. The topological polar surface area (TPSA) is 50.4 Å². The number of fused-ring (bicyclic) bond motifs is 2. The molecule has 4 atom stereocenters. The minimum Gasteiger partial charge on any atom is -0.491 e. The number of halogens is 1. The molecule has 4 unspecified atom stereocenters. The largest absolute Gasteiger partial charge is 0.491 e. The molecule has 2 N–H and O–H groups in total. The van der Waals surface area contributed by atoms with E-state index < -0.39 is 0 Å². The maximum atomic E-state index is 12.5. The molecule has 1 amide bonds. The van der Waals surface area contributed by atoms with Gasteiger partial charge in [0.15, 0.2) is 0 Å². The van der Waals surface area contributed by atoms with E-state index in [4.69, 9.17) is 4.74 Å². The van der Waals surface area contributed by atoms with Crippen LogP contribution in [0.3, 0.4) is 0 Å². The number of para-hydroxylation sites is 1. The number of ether oxygens (including phenoxy) is 1. The summed E-state index contributed by atoms with van der Waals surface area (Å²) in [7, 11) is 0. The predicted molar refractivity (Wildman–Crippen MR) is 87.4 cm³/mol. The summed E-state index contributed by atoms with van der Waals surface area (Å²) < 4.78 is 5.63. The van der Waals surface area contributed by atoms with Gasteiger partial charge >= 0.3 is 0 Å². The molecule has 0 aromatic heterocycles. The van der Waals surface area contributed by atoms with E-state index in [-0.39, 0.29) is 30.4 Å². The van der Waals surface area contributed by atoms with Crippen molar-refractivity contribution in [3.63, 3.8) is 0 Å². The molecular formula is C17H23ClN2O2. The standard InChI is InChI=1S/C17H22N2O2.ClH/c20-17(14-9-11-5-1-3-7-13(11)18-14)19-15-10-21-16-8-4-2-6-12(15)16;/h2,4,6,8,11,13-15,18H,1,3,5,7,9-10H2,(H,19,20);1H. The van der Waals surface area contributed by atoms with Crippen LogP contribution in [0, 0.1) is 5.92 Å². The third-order valence-corrected chi connectivity index (χ3v) is 5.20. The summed E-state index contributed by atoms with van der Waals surface area (Å²) in [6.07, 6.45) is 6.11. The summed E-state index contributed by atoms with van der Waals surface area (Å²) in [5.74, 6) is 1.73. The number of carbonyl (C=O) groups is 1. The van der Waals surface area contributed by atoms with Crippen LogP contribution < -0.4 is 15.4 Å². The van der Waals surface area contributed by atoms with E-state index in [1.807, 2.05) is 24.3 Å². The van der Waals surface area contributed by atoms with Crippen molar-refractivity contribution in [2.24, 2.45) is 5.92 Å². The quantitative estimate of drug-likeness (QED) is 0.880. The third-order valence-electron chi connectivity index (χ3n) is 5.20. The van der Waals surface area contributed by atoms with Gasteiger partial charge in [-0.15, -0.1) is 12.4 Å². The van der Waals surface area contributed by atoms with E-state index in [2.05, 4.69) is 10.6 Å². The van der Waals surface area contributed by atoms with Crippen molar-refractivity contribution in [1.29, 1.82) is 0 Å². The Morgan fingerprint density at radius 2 is 2.05 bits per heavy atom. The Hall–Kier alpha value is -1.26. The average Bonchev–Trinajstić information content (AvgIpc) is 3.11. The molecule has 4 rings (SSSR count). The van der Waals surface area contributed by atoms with Gasteiger partial charge in [0.1, 0.15) is 12.4 Å². The Morgan fingerprint density at radius 3 is 2.91 bits per heavy atom. The molecule has 1 aromatic rings. The molecule has 1 aromatic carbocycles. The second kappa shape index (κ2) is 6.47. The highest BCUT2D eigenvalue weighted by atomic mass is 35.5. The minimum atomic E-state index is -0.0223.